The van der Waals surface area contributed by atoms with E-state index in [0.717, 1.165) is 5.56 Å². The fraction of sp³-hybridized carbons (Fsp3) is 0.500. The maximum Gasteiger partial charge on any atom is 0.137 e. The first-order valence-electron chi connectivity index (χ1n) is 5.36. The van der Waals surface area contributed by atoms with Gasteiger partial charge in [0.2, 0.25) is 0 Å². The van der Waals surface area contributed by atoms with E-state index in [2.05, 4.69) is 5.32 Å². The first-order valence-corrected chi connectivity index (χ1v) is 5.74. The van der Waals surface area contributed by atoms with Gasteiger partial charge < -0.3 is 19.9 Å². The lowest BCUT2D eigenvalue weighted by molar-refractivity contribution is 0.128. The second kappa shape index (κ2) is 7.50. The Balaban J connectivity index is 2.54. The van der Waals surface area contributed by atoms with Gasteiger partial charge >= 0.3 is 0 Å². The molecule has 1 rings (SSSR count). The summed E-state index contributed by atoms with van der Waals surface area (Å²) in [4.78, 5) is 0. The summed E-state index contributed by atoms with van der Waals surface area (Å²) in [6.07, 6.45) is 0. The smallest absolute Gasteiger partial charge is 0.137 e. The van der Waals surface area contributed by atoms with Crippen LogP contribution >= 0.6 is 11.6 Å². The number of hydrogen-bond donors (Lipinski definition) is 2. The van der Waals surface area contributed by atoms with Gasteiger partial charge in [-0.05, 0) is 17.7 Å². The van der Waals surface area contributed by atoms with Crippen LogP contribution < -0.4 is 10.1 Å². The molecule has 2 N–H and O–H groups in total. The first kappa shape index (κ1) is 14.3. The Hall–Kier alpha value is -0.810. The molecular weight excluding hydrogens is 242 g/mol. The molecule has 0 aromatic heterocycles. The minimum atomic E-state index is -0.0686. The van der Waals surface area contributed by atoms with Crippen molar-refractivity contribution in [3.63, 3.8) is 0 Å². The molecule has 96 valence electrons. The van der Waals surface area contributed by atoms with Gasteiger partial charge in [-0.3, -0.25) is 0 Å². The molecule has 0 bridgehead atoms. The van der Waals surface area contributed by atoms with Crippen molar-refractivity contribution >= 4 is 11.6 Å². The van der Waals surface area contributed by atoms with Gasteiger partial charge in [-0.1, -0.05) is 17.7 Å². The van der Waals surface area contributed by atoms with Crippen molar-refractivity contribution in [3.8, 4) is 5.75 Å². The third-order valence-electron chi connectivity index (χ3n) is 2.40. The summed E-state index contributed by atoms with van der Waals surface area (Å²) >= 11 is 6.01. The zero-order chi connectivity index (χ0) is 12.7. The van der Waals surface area contributed by atoms with Crippen LogP contribution in [0.25, 0.3) is 0 Å². The zero-order valence-corrected chi connectivity index (χ0v) is 10.8. The van der Waals surface area contributed by atoms with E-state index in [1.807, 2.05) is 18.2 Å². The highest BCUT2D eigenvalue weighted by atomic mass is 35.5. The molecule has 0 amide bonds. The average Bonchev–Trinajstić information content (AvgIpc) is 2.34. The number of ether oxygens (including phenoxy) is 2. The van der Waals surface area contributed by atoms with Gasteiger partial charge in [0, 0.05) is 13.7 Å². The monoisotopic (exact) mass is 259 g/mol. The molecule has 0 spiro atoms. The van der Waals surface area contributed by atoms with Gasteiger partial charge in [0.15, 0.2) is 0 Å². The molecule has 4 nitrogen and oxygen atoms in total. The lowest BCUT2D eigenvalue weighted by Crippen LogP contribution is -2.35. The Morgan fingerprint density at radius 2 is 2.18 bits per heavy atom. The third-order valence-corrected chi connectivity index (χ3v) is 2.69. The lowest BCUT2D eigenvalue weighted by atomic mass is 10.2. The van der Waals surface area contributed by atoms with Crippen molar-refractivity contribution in [3.05, 3.63) is 28.8 Å². The number of halogens is 1. The number of nitrogens with one attached hydrogen (secondary N) is 1. The molecule has 0 aliphatic heterocycles. The molecule has 0 heterocycles. The fourth-order valence-electron chi connectivity index (χ4n) is 1.46. The largest absolute Gasteiger partial charge is 0.495 e. The van der Waals surface area contributed by atoms with Crippen LogP contribution in [0.3, 0.4) is 0 Å². The minimum absolute atomic E-state index is 0.0394. The van der Waals surface area contributed by atoms with Gasteiger partial charge in [-0.25, -0.2) is 0 Å². The second-order valence-electron chi connectivity index (χ2n) is 3.68. The molecule has 17 heavy (non-hydrogen) atoms. The molecule has 1 unspecified atom stereocenters. The summed E-state index contributed by atoms with van der Waals surface area (Å²) in [7, 11) is 3.19. The summed E-state index contributed by atoms with van der Waals surface area (Å²) in [6, 6.07) is 5.53. The van der Waals surface area contributed by atoms with Gasteiger partial charge in [0.1, 0.15) is 5.75 Å². The normalized spacial score (nSPS) is 12.5. The van der Waals surface area contributed by atoms with Crippen LogP contribution in [0.1, 0.15) is 5.56 Å². The predicted molar refractivity (Wildman–Crippen MR) is 67.6 cm³/mol. The molecule has 0 saturated carbocycles. The average molecular weight is 260 g/mol. The molecule has 0 aliphatic rings. The molecule has 1 atom stereocenters. The van der Waals surface area contributed by atoms with E-state index < -0.39 is 0 Å². The number of benzene rings is 1. The van der Waals surface area contributed by atoms with E-state index in [0.29, 0.717) is 23.9 Å². The summed E-state index contributed by atoms with van der Waals surface area (Å²) in [5.41, 5.74) is 1.03. The Morgan fingerprint density at radius 1 is 1.41 bits per heavy atom. The summed E-state index contributed by atoms with van der Waals surface area (Å²) in [5, 5.41) is 12.8. The van der Waals surface area contributed by atoms with Gasteiger partial charge in [0.25, 0.3) is 0 Å². The van der Waals surface area contributed by atoms with Gasteiger partial charge in [0.05, 0.1) is 31.4 Å². The van der Waals surface area contributed by atoms with Crippen molar-refractivity contribution in [2.75, 3.05) is 27.4 Å². The molecule has 0 radical (unpaired) electrons. The van der Waals surface area contributed by atoms with Gasteiger partial charge in [-0.15, -0.1) is 0 Å². The number of hydrogen-bond acceptors (Lipinski definition) is 4. The zero-order valence-electron chi connectivity index (χ0n) is 10.1. The van der Waals surface area contributed by atoms with Crippen LogP contribution in [-0.4, -0.2) is 38.6 Å². The van der Waals surface area contributed by atoms with E-state index in [4.69, 9.17) is 26.2 Å². The van der Waals surface area contributed by atoms with Crippen LogP contribution in [0, 0.1) is 0 Å². The molecule has 0 aliphatic carbocycles. The molecule has 5 heteroatoms. The highest BCUT2D eigenvalue weighted by molar-refractivity contribution is 6.32. The first-order chi connectivity index (χ1) is 8.21. The van der Waals surface area contributed by atoms with E-state index in [-0.39, 0.29) is 12.6 Å². The summed E-state index contributed by atoms with van der Waals surface area (Å²) < 4.78 is 10.0. The number of methoxy groups -OCH3 is 2. The van der Waals surface area contributed by atoms with E-state index in [1.165, 1.54) is 0 Å². The molecular formula is C12H18ClNO3. The van der Waals surface area contributed by atoms with E-state index >= 15 is 0 Å². The number of aliphatic hydroxyl groups is 1. The molecule has 0 saturated heterocycles. The van der Waals surface area contributed by atoms with Crippen LogP contribution in [0.4, 0.5) is 0 Å². The maximum absolute atomic E-state index is 9.08. The minimum Gasteiger partial charge on any atom is -0.495 e. The lowest BCUT2D eigenvalue weighted by Gasteiger charge is -2.15. The van der Waals surface area contributed by atoms with E-state index in [1.54, 1.807) is 14.2 Å². The second-order valence-corrected chi connectivity index (χ2v) is 4.09. The van der Waals surface area contributed by atoms with Crippen LogP contribution in [-0.2, 0) is 11.3 Å². The summed E-state index contributed by atoms with van der Waals surface area (Å²) in [5.74, 6) is 0.658. The van der Waals surface area contributed by atoms with Crippen molar-refractivity contribution in [1.29, 1.82) is 0 Å². The van der Waals surface area contributed by atoms with Crippen LogP contribution in [0.2, 0.25) is 5.02 Å². The Bertz CT molecular complexity index is 347. The standard InChI is InChI=1S/C12H18ClNO3/c1-16-8-10(7-15)14-6-9-3-4-12(17-2)11(13)5-9/h3-5,10,14-15H,6-8H2,1-2H3. The van der Waals surface area contributed by atoms with Crippen molar-refractivity contribution in [1.82, 2.24) is 5.32 Å². The summed E-state index contributed by atoms with van der Waals surface area (Å²) in [6.45, 7) is 1.14. The van der Waals surface area contributed by atoms with Gasteiger partial charge in [-0.2, -0.15) is 0 Å². The number of rotatable bonds is 7. The topological polar surface area (TPSA) is 50.7 Å². The SMILES string of the molecule is COCC(CO)NCc1ccc(OC)c(Cl)c1. The van der Waals surface area contributed by atoms with Crippen LogP contribution in [0.5, 0.6) is 5.75 Å². The molecule has 0 fully saturated rings. The Kier molecular flexibility index (Phi) is 6.29. The van der Waals surface area contributed by atoms with Crippen LogP contribution in [0.15, 0.2) is 18.2 Å². The maximum atomic E-state index is 9.08. The van der Waals surface area contributed by atoms with Crippen molar-refractivity contribution in [2.24, 2.45) is 0 Å². The molecule has 1 aromatic rings. The number of aliphatic hydroxyl groups excluding tert-OH is 1. The fourth-order valence-corrected chi connectivity index (χ4v) is 1.74. The predicted octanol–water partition coefficient (Wildman–Crippen LogP) is 1.45. The quantitative estimate of drug-likeness (QED) is 0.778. The van der Waals surface area contributed by atoms with Crippen molar-refractivity contribution < 1.29 is 14.6 Å². The Labute approximate surface area is 106 Å². The van der Waals surface area contributed by atoms with E-state index in [9.17, 15) is 0 Å². The molecule has 1 aromatic carbocycles. The van der Waals surface area contributed by atoms with Crippen molar-refractivity contribution in [2.45, 2.75) is 12.6 Å². The highest BCUT2D eigenvalue weighted by Gasteiger charge is 2.07. The Morgan fingerprint density at radius 3 is 2.71 bits per heavy atom. The third kappa shape index (κ3) is 4.52. The highest BCUT2D eigenvalue weighted by Crippen LogP contribution is 2.24.